The molecule has 3 atom stereocenters. The molecular weight excluding hydrogens is 517 g/mol. The molecule has 2 N–H and O–H groups in total. The molecule has 1 saturated carbocycles. The molecule has 5 rings (SSSR count). The smallest absolute Gasteiger partial charge is 0.255 e. The zero-order chi connectivity index (χ0) is 26.8. The summed E-state index contributed by atoms with van der Waals surface area (Å²) in [6, 6.07) is 11.5. The Morgan fingerprint density at radius 2 is 1.71 bits per heavy atom. The van der Waals surface area contributed by atoms with E-state index in [1.165, 1.54) is 41.2 Å². The van der Waals surface area contributed by atoms with Gasteiger partial charge < -0.3 is 20.3 Å². The molecule has 3 aromatic rings. The summed E-state index contributed by atoms with van der Waals surface area (Å²) < 4.78 is 21.5. The summed E-state index contributed by atoms with van der Waals surface area (Å²) >= 11 is 5.84. The van der Waals surface area contributed by atoms with Gasteiger partial charge >= 0.3 is 0 Å². The number of hydrogen-bond donors (Lipinski definition) is 2. The first kappa shape index (κ1) is 25.6. The number of hydrogen-bond acceptors (Lipinski definition) is 6. The van der Waals surface area contributed by atoms with Gasteiger partial charge in [0.05, 0.1) is 47.4 Å². The molecule has 12 heteroatoms. The summed E-state index contributed by atoms with van der Waals surface area (Å²) in [4.78, 5) is 57.1. The number of pyridine rings is 2. The van der Waals surface area contributed by atoms with Gasteiger partial charge in [-0.25, -0.2) is 9.37 Å². The van der Waals surface area contributed by atoms with Crippen molar-refractivity contribution in [3.8, 4) is 5.69 Å². The van der Waals surface area contributed by atoms with Gasteiger partial charge in [-0.15, -0.1) is 0 Å². The maximum Gasteiger partial charge on any atom is 0.255 e. The highest BCUT2D eigenvalue weighted by Gasteiger charge is 2.63. The van der Waals surface area contributed by atoms with E-state index < -0.39 is 35.4 Å². The van der Waals surface area contributed by atoms with Gasteiger partial charge in [-0.05, 0) is 30.3 Å². The van der Waals surface area contributed by atoms with Crippen LogP contribution in [0, 0.1) is 23.6 Å². The maximum absolute atomic E-state index is 14.9. The molecule has 3 heterocycles. The maximum atomic E-state index is 14.9. The second-order valence-electron chi connectivity index (χ2n) is 8.93. The minimum atomic E-state index is -1.01. The summed E-state index contributed by atoms with van der Waals surface area (Å²) in [6.07, 6.45) is 2.86. The van der Waals surface area contributed by atoms with Gasteiger partial charge in [-0.2, -0.15) is 0 Å². The summed E-state index contributed by atoms with van der Waals surface area (Å²) in [7, 11) is 0. The summed E-state index contributed by atoms with van der Waals surface area (Å²) in [6.45, 7) is 1.43. The number of carbonyl (C=O) groups is 3. The summed E-state index contributed by atoms with van der Waals surface area (Å²) in [5.74, 6) is -4.98. The van der Waals surface area contributed by atoms with Gasteiger partial charge in [0.25, 0.3) is 5.56 Å². The molecule has 3 unspecified atom stereocenters. The lowest BCUT2D eigenvalue weighted by Crippen LogP contribution is -2.42. The minimum absolute atomic E-state index is 0.134. The van der Waals surface area contributed by atoms with E-state index in [1.807, 2.05) is 0 Å². The van der Waals surface area contributed by atoms with Crippen LogP contribution in [0.5, 0.6) is 0 Å². The number of carbonyl (C=O) groups excluding carboxylic acids is 3. The topological polar surface area (TPSA) is 123 Å². The number of halogens is 2. The zero-order valence-corrected chi connectivity index (χ0v) is 20.7. The number of morpholine rings is 1. The molecule has 2 aromatic heterocycles. The third-order valence-corrected chi connectivity index (χ3v) is 6.75. The molecule has 0 bridgehead atoms. The molecule has 38 heavy (non-hydrogen) atoms. The number of rotatable bonds is 6. The van der Waals surface area contributed by atoms with Crippen LogP contribution in [-0.2, 0) is 19.1 Å². The van der Waals surface area contributed by atoms with Crippen molar-refractivity contribution in [3.63, 3.8) is 0 Å². The average Bonchev–Trinajstić information content (AvgIpc) is 3.68. The Hall–Kier alpha value is -4.09. The van der Waals surface area contributed by atoms with Crippen molar-refractivity contribution < 1.29 is 23.5 Å². The standard InChI is InChI=1S/C26H23ClFN5O5/c27-15-4-7-19(29-14-15)31-25(36)22-21(23(22)26(37)32-9-11-38-12-10-32)24(35)30-18-6-5-16(13-17(18)28)33-8-2-1-3-20(33)34/h1-8,13-14,21-23H,9-12H2,(H,30,35)(H,29,31,36). The first-order chi connectivity index (χ1) is 18.3. The molecule has 1 saturated heterocycles. The van der Waals surface area contributed by atoms with Crippen molar-refractivity contribution in [2.75, 3.05) is 36.9 Å². The number of aromatic nitrogens is 2. The Labute approximate surface area is 221 Å². The Kier molecular flexibility index (Phi) is 7.21. The predicted octanol–water partition coefficient (Wildman–Crippen LogP) is 2.32. The van der Waals surface area contributed by atoms with Crippen LogP contribution in [0.15, 0.2) is 65.7 Å². The van der Waals surface area contributed by atoms with Crippen LogP contribution in [0.3, 0.4) is 0 Å². The highest BCUT2D eigenvalue weighted by Crippen LogP contribution is 2.49. The Bertz CT molecular complexity index is 1440. The van der Waals surface area contributed by atoms with Crippen LogP contribution >= 0.6 is 11.6 Å². The van der Waals surface area contributed by atoms with Crippen molar-refractivity contribution in [2.45, 2.75) is 0 Å². The molecule has 1 aliphatic carbocycles. The van der Waals surface area contributed by atoms with Crippen LogP contribution < -0.4 is 16.2 Å². The van der Waals surface area contributed by atoms with Gasteiger partial charge in [-0.3, -0.25) is 23.7 Å². The number of nitrogens with zero attached hydrogens (tertiary/aromatic N) is 3. The minimum Gasteiger partial charge on any atom is -0.378 e. The van der Waals surface area contributed by atoms with Gasteiger partial charge in [-0.1, -0.05) is 17.7 Å². The van der Waals surface area contributed by atoms with Crippen LogP contribution in [0.2, 0.25) is 5.02 Å². The number of nitrogens with one attached hydrogen (secondary N) is 2. The molecule has 10 nitrogen and oxygen atoms in total. The Balaban J connectivity index is 1.34. The number of ether oxygens (including phenoxy) is 1. The normalized spacial score (nSPS) is 20.5. The third-order valence-electron chi connectivity index (χ3n) is 6.52. The average molecular weight is 540 g/mol. The zero-order valence-electron chi connectivity index (χ0n) is 20.0. The molecule has 1 aliphatic heterocycles. The van der Waals surface area contributed by atoms with E-state index in [1.54, 1.807) is 23.1 Å². The van der Waals surface area contributed by atoms with E-state index in [-0.39, 0.29) is 28.7 Å². The van der Waals surface area contributed by atoms with Crippen LogP contribution in [-0.4, -0.2) is 58.5 Å². The van der Waals surface area contributed by atoms with Crippen molar-refractivity contribution in [1.82, 2.24) is 14.5 Å². The van der Waals surface area contributed by atoms with Crippen LogP contribution in [0.25, 0.3) is 5.69 Å². The lowest BCUT2D eigenvalue weighted by atomic mass is 10.2. The second-order valence-corrected chi connectivity index (χ2v) is 9.36. The van der Waals surface area contributed by atoms with E-state index in [4.69, 9.17) is 16.3 Å². The third kappa shape index (κ3) is 5.29. The van der Waals surface area contributed by atoms with E-state index in [0.717, 1.165) is 6.07 Å². The molecule has 2 fully saturated rings. The monoisotopic (exact) mass is 539 g/mol. The van der Waals surface area contributed by atoms with E-state index >= 15 is 0 Å². The first-order valence-corrected chi connectivity index (χ1v) is 12.3. The van der Waals surface area contributed by atoms with Crippen molar-refractivity contribution in [2.24, 2.45) is 17.8 Å². The summed E-state index contributed by atoms with van der Waals surface area (Å²) in [5, 5.41) is 5.51. The molecule has 196 valence electrons. The fourth-order valence-electron chi connectivity index (χ4n) is 4.54. The first-order valence-electron chi connectivity index (χ1n) is 11.9. The quantitative estimate of drug-likeness (QED) is 0.496. The highest BCUT2D eigenvalue weighted by molar-refractivity contribution is 6.30. The fraction of sp³-hybridized carbons (Fsp3) is 0.269. The molecule has 3 amide bonds. The lowest BCUT2D eigenvalue weighted by molar-refractivity contribution is -0.138. The van der Waals surface area contributed by atoms with Crippen molar-refractivity contribution in [1.29, 1.82) is 0 Å². The Morgan fingerprint density at radius 3 is 2.37 bits per heavy atom. The van der Waals surface area contributed by atoms with Gasteiger partial charge in [0, 0.05) is 37.6 Å². The second kappa shape index (κ2) is 10.7. The predicted molar refractivity (Wildman–Crippen MR) is 136 cm³/mol. The van der Waals surface area contributed by atoms with E-state index in [2.05, 4.69) is 15.6 Å². The van der Waals surface area contributed by atoms with Crippen LogP contribution in [0.1, 0.15) is 0 Å². The molecule has 0 spiro atoms. The highest BCUT2D eigenvalue weighted by atomic mass is 35.5. The Morgan fingerprint density at radius 1 is 0.974 bits per heavy atom. The van der Waals surface area contributed by atoms with E-state index in [9.17, 15) is 23.6 Å². The molecular formula is C26H23ClFN5O5. The SMILES string of the molecule is O=C(Nc1ccc(Cl)cn1)C1C(C(=O)Nc2ccc(-n3ccccc3=O)cc2F)C1C(=O)N1CCOCC1. The molecule has 0 radical (unpaired) electrons. The molecule has 2 aliphatic rings. The van der Waals surface area contributed by atoms with Crippen molar-refractivity contribution in [3.05, 3.63) is 82.1 Å². The summed E-state index contributed by atoms with van der Waals surface area (Å²) in [5.41, 5.74) is -0.188. The fourth-order valence-corrected chi connectivity index (χ4v) is 4.65. The van der Waals surface area contributed by atoms with Crippen molar-refractivity contribution >= 4 is 40.8 Å². The van der Waals surface area contributed by atoms with E-state index in [0.29, 0.717) is 31.3 Å². The van der Waals surface area contributed by atoms with Gasteiger partial charge in [0.1, 0.15) is 11.6 Å². The number of anilines is 2. The lowest BCUT2D eigenvalue weighted by Gasteiger charge is -2.27. The largest absolute Gasteiger partial charge is 0.378 e. The number of benzene rings is 1. The molecule has 1 aromatic carbocycles. The van der Waals surface area contributed by atoms with Gasteiger partial charge in [0.2, 0.25) is 17.7 Å². The number of amides is 3. The van der Waals surface area contributed by atoms with Crippen LogP contribution in [0.4, 0.5) is 15.9 Å². The van der Waals surface area contributed by atoms with Gasteiger partial charge in [0.15, 0.2) is 0 Å².